The molecule has 1 aromatic carbocycles. The highest BCUT2D eigenvalue weighted by molar-refractivity contribution is 7.80. The van der Waals surface area contributed by atoms with Crippen molar-refractivity contribution in [2.24, 2.45) is 28.9 Å². The van der Waals surface area contributed by atoms with E-state index >= 15 is 0 Å². The van der Waals surface area contributed by atoms with Gasteiger partial charge in [-0.05, 0) is 81.3 Å². The standard InChI is InChI=1S/C23H27F3N4O6S/c24-23(25,26)16-8-15(2-3-17(16)30(33)34)29(37(35)36)22(4-1-5-22)20(32)28-18-13-6-12-7-14(18)11-21(9-12,10-13)19(27)31/h2-3,8,12-14,18H,1,4-7,9-11H2,(H2,27,31)(H,28,32)(H,35,36). The zero-order valence-corrected chi connectivity index (χ0v) is 20.5. The number of carbonyl (C=O) groups is 2. The van der Waals surface area contributed by atoms with E-state index in [1.165, 1.54) is 0 Å². The van der Waals surface area contributed by atoms with Crippen molar-refractivity contribution in [2.45, 2.75) is 69.1 Å². The number of amides is 2. The second-order valence-corrected chi connectivity index (χ2v) is 11.8. The minimum Gasteiger partial charge on any atom is -0.369 e. The van der Waals surface area contributed by atoms with Crippen molar-refractivity contribution in [3.63, 3.8) is 0 Å². The van der Waals surface area contributed by atoms with Crippen LogP contribution in [-0.4, -0.2) is 37.1 Å². The van der Waals surface area contributed by atoms with Crippen LogP contribution in [0.3, 0.4) is 0 Å². The number of halogens is 3. The fraction of sp³-hybridized carbons (Fsp3) is 0.652. The van der Waals surface area contributed by atoms with E-state index in [0.29, 0.717) is 37.3 Å². The number of nitrogens with two attached hydrogens (primary N) is 1. The van der Waals surface area contributed by atoms with Gasteiger partial charge in [0.15, 0.2) is 0 Å². The maximum Gasteiger partial charge on any atom is 0.423 e. The summed E-state index contributed by atoms with van der Waals surface area (Å²) in [5.74, 6) is -0.516. The molecule has 4 N–H and O–H groups in total. The molecular weight excluding hydrogens is 517 g/mol. The summed E-state index contributed by atoms with van der Waals surface area (Å²) >= 11 is -2.89. The maximum absolute atomic E-state index is 13.7. The van der Waals surface area contributed by atoms with Gasteiger partial charge in [0.25, 0.3) is 17.0 Å². The van der Waals surface area contributed by atoms with Crippen molar-refractivity contribution in [3.05, 3.63) is 33.9 Å². The molecule has 5 aliphatic carbocycles. The normalized spacial score (nSPS) is 32.3. The monoisotopic (exact) mass is 544 g/mol. The molecule has 14 heteroatoms. The molecule has 5 aliphatic rings. The Bertz CT molecular complexity index is 1170. The summed E-state index contributed by atoms with van der Waals surface area (Å²) in [7, 11) is 0. The van der Waals surface area contributed by atoms with Crippen LogP contribution in [0.25, 0.3) is 0 Å². The Labute approximate surface area is 212 Å². The summed E-state index contributed by atoms with van der Waals surface area (Å²) in [5, 5.41) is 14.2. The van der Waals surface area contributed by atoms with Crippen LogP contribution >= 0.6 is 0 Å². The molecule has 3 atom stereocenters. The number of hydrogen-bond donors (Lipinski definition) is 3. The molecule has 0 spiro atoms. The van der Waals surface area contributed by atoms with Gasteiger partial charge < -0.3 is 11.1 Å². The van der Waals surface area contributed by atoms with E-state index < -0.39 is 56.2 Å². The van der Waals surface area contributed by atoms with Crippen molar-refractivity contribution in [2.75, 3.05) is 4.31 Å². The molecular formula is C23H27F3N4O6S. The molecule has 1 aromatic rings. The topological polar surface area (TPSA) is 156 Å². The second kappa shape index (κ2) is 8.65. The van der Waals surface area contributed by atoms with Crippen LogP contribution in [0.15, 0.2) is 18.2 Å². The van der Waals surface area contributed by atoms with Crippen molar-refractivity contribution in [1.29, 1.82) is 0 Å². The third-order valence-electron chi connectivity index (χ3n) is 8.96. The van der Waals surface area contributed by atoms with Gasteiger partial charge in [0.2, 0.25) is 11.8 Å². The second-order valence-electron chi connectivity index (χ2n) is 11.0. The number of nitrogens with zero attached hydrogens (tertiary/aromatic N) is 2. The molecule has 6 rings (SSSR count). The SMILES string of the molecule is NC(=O)C12CC3CC(C1)C(NC(=O)C1(N(c4ccc([N+](=O)[O-])c(C(F)(F)F)c4)S(=O)O)CCC1)C(C3)C2. The quantitative estimate of drug-likeness (QED) is 0.272. The molecule has 5 saturated carbocycles. The van der Waals surface area contributed by atoms with E-state index in [0.717, 1.165) is 29.6 Å². The summed E-state index contributed by atoms with van der Waals surface area (Å²) in [6.45, 7) is 0. The Morgan fingerprint density at radius 3 is 2.27 bits per heavy atom. The van der Waals surface area contributed by atoms with Crippen LogP contribution in [0, 0.1) is 33.3 Å². The minimum absolute atomic E-state index is 0.0177. The fourth-order valence-electron chi connectivity index (χ4n) is 7.40. The molecule has 4 bridgehead atoms. The summed E-state index contributed by atoms with van der Waals surface area (Å²) in [6.07, 6.45) is -0.817. The zero-order valence-electron chi connectivity index (χ0n) is 19.7. The third-order valence-corrected chi connectivity index (χ3v) is 9.83. The predicted octanol–water partition coefficient (Wildman–Crippen LogP) is 3.28. The molecule has 202 valence electrons. The predicted molar refractivity (Wildman–Crippen MR) is 125 cm³/mol. The van der Waals surface area contributed by atoms with Crippen LogP contribution < -0.4 is 15.4 Å². The lowest BCUT2D eigenvalue weighted by molar-refractivity contribution is -0.388. The summed E-state index contributed by atoms with van der Waals surface area (Å²) < 4.78 is 64.1. The molecule has 0 heterocycles. The van der Waals surface area contributed by atoms with Gasteiger partial charge in [-0.3, -0.25) is 28.6 Å². The van der Waals surface area contributed by atoms with Gasteiger partial charge in [-0.25, -0.2) is 4.21 Å². The Morgan fingerprint density at radius 1 is 1.19 bits per heavy atom. The molecule has 0 aliphatic heterocycles. The van der Waals surface area contributed by atoms with Crippen molar-refractivity contribution < 1.29 is 36.4 Å². The molecule has 5 fully saturated rings. The average Bonchev–Trinajstić information content (AvgIpc) is 2.76. The molecule has 0 aromatic heterocycles. The van der Waals surface area contributed by atoms with Gasteiger partial charge in [0.05, 0.1) is 10.6 Å². The van der Waals surface area contributed by atoms with Gasteiger partial charge in [-0.2, -0.15) is 13.2 Å². The van der Waals surface area contributed by atoms with Crippen molar-refractivity contribution >= 4 is 34.5 Å². The highest BCUT2D eigenvalue weighted by Gasteiger charge is 2.60. The number of nitro groups is 1. The van der Waals surface area contributed by atoms with Gasteiger partial charge in [-0.15, -0.1) is 0 Å². The third kappa shape index (κ3) is 4.08. The van der Waals surface area contributed by atoms with Crippen molar-refractivity contribution in [1.82, 2.24) is 5.32 Å². The Hall–Kier alpha value is -2.74. The van der Waals surface area contributed by atoms with Crippen LogP contribution in [-0.2, 0) is 27.0 Å². The van der Waals surface area contributed by atoms with Gasteiger partial charge in [0.1, 0.15) is 11.1 Å². The first-order valence-electron chi connectivity index (χ1n) is 12.2. The van der Waals surface area contributed by atoms with E-state index in [1.807, 2.05) is 0 Å². The van der Waals surface area contributed by atoms with Crippen LogP contribution in [0.1, 0.15) is 56.9 Å². The zero-order chi connectivity index (χ0) is 26.9. The number of rotatable bonds is 7. The first kappa shape index (κ1) is 25.9. The van der Waals surface area contributed by atoms with Crippen LogP contribution in [0.2, 0.25) is 0 Å². The summed E-state index contributed by atoms with van der Waals surface area (Å²) in [4.78, 5) is 35.9. The molecule has 10 nitrogen and oxygen atoms in total. The van der Waals surface area contributed by atoms with E-state index in [-0.39, 0.29) is 36.6 Å². The average molecular weight is 545 g/mol. The molecule has 3 unspecified atom stereocenters. The number of nitrogens with one attached hydrogen (secondary N) is 1. The fourth-order valence-corrected chi connectivity index (χ4v) is 8.26. The highest BCUT2D eigenvalue weighted by Crippen LogP contribution is 2.60. The first-order chi connectivity index (χ1) is 17.3. The lowest BCUT2D eigenvalue weighted by atomic mass is 9.47. The number of carbonyl (C=O) groups excluding carboxylic acids is 2. The highest BCUT2D eigenvalue weighted by atomic mass is 32.2. The van der Waals surface area contributed by atoms with Crippen LogP contribution in [0.4, 0.5) is 24.5 Å². The molecule has 2 amide bonds. The lowest BCUT2D eigenvalue weighted by Crippen LogP contribution is -2.68. The van der Waals surface area contributed by atoms with Crippen molar-refractivity contribution in [3.8, 4) is 0 Å². The minimum atomic E-state index is -5.09. The van der Waals surface area contributed by atoms with Crippen LogP contribution in [0.5, 0.6) is 0 Å². The maximum atomic E-state index is 13.7. The number of benzene rings is 1. The van der Waals surface area contributed by atoms with E-state index in [9.17, 15) is 41.6 Å². The van der Waals surface area contributed by atoms with Gasteiger partial charge in [-0.1, -0.05) is 0 Å². The summed E-state index contributed by atoms with van der Waals surface area (Å²) in [6, 6.07) is 1.75. The Kier molecular flexibility index (Phi) is 6.05. The van der Waals surface area contributed by atoms with E-state index in [2.05, 4.69) is 5.32 Å². The Morgan fingerprint density at radius 2 is 1.81 bits per heavy atom. The van der Waals surface area contributed by atoms with E-state index in [4.69, 9.17) is 5.73 Å². The number of primary amides is 1. The Balaban J connectivity index is 1.45. The van der Waals surface area contributed by atoms with Gasteiger partial charge in [0, 0.05) is 17.5 Å². The lowest BCUT2D eigenvalue weighted by Gasteiger charge is -2.59. The largest absolute Gasteiger partial charge is 0.423 e. The molecule has 0 radical (unpaired) electrons. The molecule has 37 heavy (non-hydrogen) atoms. The number of anilines is 1. The number of nitro benzene ring substituents is 1. The van der Waals surface area contributed by atoms with Gasteiger partial charge >= 0.3 is 6.18 Å². The molecule has 0 saturated heterocycles. The summed E-state index contributed by atoms with van der Waals surface area (Å²) in [5.41, 5.74) is 0.397. The smallest absolute Gasteiger partial charge is 0.369 e. The number of hydrogen-bond acceptors (Lipinski definition) is 5. The first-order valence-corrected chi connectivity index (χ1v) is 13.2. The number of alkyl halides is 3. The van der Waals surface area contributed by atoms with E-state index in [1.54, 1.807) is 0 Å².